The molecule has 118 valence electrons. The fourth-order valence-electron chi connectivity index (χ4n) is 2.37. The molecule has 4 heteroatoms. The molecule has 0 saturated carbocycles. The van der Waals surface area contributed by atoms with E-state index in [2.05, 4.69) is 23.5 Å². The highest BCUT2D eigenvalue weighted by Gasteiger charge is 2.06. The molecule has 2 aromatic carbocycles. The van der Waals surface area contributed by atoms with E-state index in [1.807, 2.05) is 30.3 Å². The Kier molecular flexibility index (Phi) is 6.40. The number of aryl methyl sites for hydroxylation is 2. The smallest absolute Gasteiger partial charge is 0.128 e. The third kappa shape index (κ3) is 4.84. The number of hydrogen-bond donors (Lipinski definition) is 3. The maximum atomic E-state index is 9.40. The van der Waals surface area contributed by atoms with E-state index in [1.165, 1.54) is 11.1 Å². The number of aliphatic hydroxyl groups is 2. The predicted octanol–water partition coefficient (Wildman–Crippen LogP) is 1.88. The molecule has 1 atom stereocenters. The molecule has 0 aliphatic heterocycles. The van der Waals surface area contributed by atoms with Gasteiger partial charge in [0.15, 0.2) is 0 Å². The van der Waals surface area contributed by atoms with Crippen LogP contribution in [0.5, 0.6) is 5.75 Å². The average Bonchev–Trinajstić information content (AvgIpc) is 2.58. The third-order valence-corrected chi connectivity index (χ3v) is 3.64. The van der Waals surface area contributed by atoms with Crippen molar-refractivity contribution in [3.05, 3.63) is 65.2 Å². The van der Waals surface area contributed by atoms with Crippen LogP contribution >= 0.6 is 0 Å². The Morgan fingerprint density at radius 3 is 2.55 bits per heavy atom. The second-order valence-electron chi connectivity index (χ2n) is 5.20. The van der Waals surface area contributed by atoms with Crippen LogP contribution in [-0.4, -0.2) is 30.2 Å². The molecule has 0 aromatic heterocycles. The molecule has 0 heterocycles. The van der Waals surface area contributed by atoms with Crippen molar-refractivity contribution in [2.75, 3.05) is 13.7 Å². The number of nitrogens with one attached hydrogen (secondary N) is 1. The molecule has 2 aromatic rings. The Labute approximate surface area is 131 Å². The van der Waals surface area contributed by atoms with Crippen molar-refractivity contribution in [1.29, 1.82) is 0 Å². The van der Waals surface area contributed by atoms with E-state index in [-0.39, 0.29) is 6.61 Å². The fraction of sp³-hybridized carbons (Fsp3) is 0.333. The topological polar surface area (TPSA) is 61.7 Å². The zero-order chi connectivity index (χ0) is 15.8. The lowest BCUT2D eigenvalue weighted by Gasteiger charge is -2.13. The van der Waals surface area contributed by atoms with Gasteiger partial charge in [0.2, 0.25) is 0 Å². The van der Waals surface area contributed by atoms with Crippen molar-refractivity contribution in [2.45, 2.75) is 25.6 Å². The quantitative estimate of drug-likeness (QED) is 0.652. The van der Waals surface area contributed by atoms with Crippen molar-refractivity contribution in [1.82, 2.24) is 5.32 Å². The minimum absolute atomic E-state index is 0.286. The molecule has 0 aliphatic carbocycles. The van der Waals surface area contributed by atoms with Crippen molar-refractivity contribution in [2.24, 2.45) is 0 Å². The normalized spacial score (nSPS) is 12.1. The number of methoxy groups -OCH3 is 1. The van der Waals surface area contributed by atoms with Gasteiger partial charge in [0.1, 0.15) is 12.0 Å². The summed E-state index contributed by atoms with van der Waals surface area (Å²) in [5.74, 6) is 0.874. The summed E-state index contributed by atoms with van der Waals surface area (Å²) < 4.78 is 5.25. The average molecular weight is 301 g/mol. The molecule has 2 rings (SSSR count). The summed E-state index contributed by atoms with van der Waals surface area (Å²) >= 11 is 0. The Balaban J connectivity index is 1.99. The van der Waals surface area contributed by atoms with Gasteiger partial charge in [0.05, 0.1) is 13.7 Å². The molecule has 0 bridgehead atoms. The molecule has 0 saturated heterocycles. The summed E-state index contributed by atoms with van der Waals surface area (Å²) in [6.07, 6.45) is 0.961. The van der Waals surface area contributed by atoms with Crippen LogP contribution in [0.15, 0.2) is 48.5 Å². The van der Waals surface area contributed by atoms with Crippen molar-refractivity contribution < 1.29 is 14.9 Å². The van der Waals surface area contributed by atoms with Crippen LogP contribution in [0.4, 0.5) is 0 Å². The summed E-state index contributed by atoms with van der Waals surface area (Å²) in [6, 6.07) is 16.2. The van der Waals surface area contributed by atoms with Gasteiger partial charge in [-0.3, -0.25) is 5.32 Å². The van der Waals surface area contributed by atoms with Crippen LogP contribution in [0.25, 0.3) is 0 Å². The fourth-order valence-corrected chi connectivity index (χ4v) is 2.37. The molecule has 0 radical (unpaired) electrons. The van der Waals surface area contributed by atoms with E-state index in [1.54, 1.807) is 7.11 Å². The first-order valence-corrected chi connectivity index (χ1v) is 7.45. The van der Waals surface area contributed by atoms with Crippen LogP contribution < -0.4 is 10.1 Å². The Morgan fingerprint density at radius 1 is 1.05 bits per heavy atom. The first-order chi connectivity index (χ1) is 10.7. The van der Waals surface area contributed by atoms with Gasteiger partial charge < -0.3 is 14.9 Å². The molecule has 4 nitrogen and oxygen atoms in total. The first-order valence-electron chi connectivity index (χ1n) is 7.45. The summed E-state index contributed by atoms with van der Waals surface area (Å²) in [5.41, 5.74) is 3.61. The highest BCUT2D eigenvalue weighted by molar-refractivity contribution is 5.31. The van der Waals surface area contributed by atoms with Gasteiger partial charge in [-0.05, 0) is 41.7 Å². The van der Waals surface area contributed by atoms with Gasteiger partial charge in [-0.1, -0.05) is 36.4 Å². The lowest BCUT2D eigenvalue weighted by molar-refractivity contribution is 0.0665. The summed E-state index contributed by atoms with van der Waals surface area (Å²) in [4.78, 5) is 0. The summed E-state index contributed by atoms with van der Waals surface area (Å²) in [7, 11) is 1.67. The summed E-state index contributed by atoms with van der Waals surface area (Å²) in [6.45, 7) is 0.252. The molecular weight excluding hydrogens is 278 g/mol. The van der Waals surface area contributed by atoms with E-state index in [9.17, 15) is 5.11 Å². The zero-order valence-corrected chi connectivity index (χ0v) is 12.8. The molecule has 0 unspecified atom stereocenters. The van der Waals surface area contributed by atoms with E-state index in [0.717, 1.165) is 24.2 Å². The molecule has 3 N–H and O–H groups in total. The number of aliphatic hydroxyl groups excluding tert-OH is 2. The van der Waals surface area contributed by atoms with Gasteiger partial charge >= 0.3 is 0 Å². The number of hydrogen-bond acceptors (Lipinski definition) is 4. The van der Waals surface area contributed by atoms with Crippen molar-refractivity contribution in [3.8, 4) is 5.75 Å². The van der Waals surface area contributed by atoms with E-state index in [4.69, 9.17) is 9.84 Å². The molecule has 0 fully saturated rings. The minimum atomic E-state index is -0.883. The standard InChI is InChI=1S/C18H23NO3/c1-22-17-8-4-5-14(11-17)9-10-15-6-2-3-7-16(15)12-19-18(21)13-20/h2-8,11,18-21H,9-10,12-13H2,1H3/t18-/m1/s1. The predicted molar refractivity (Wildman–Crippen MR) is 86.8 cm³/mol. The molecule has 22 heavy (non-hydrogen) atoms. The monoisotopic (exact) mass is 301 g/mol. The highest BCUT2D eigenvalue weighted by Crippen LogP contribution is 2.16. The van der Waals surface area contributed by atoms with Crippen LogP contribution in [0.3, 0.4) is 0 Å². The van der Waals surface area contributed by atoms with Gasteiger partial charge in [0, 0.05) is 6.54 Å². The SMILES string of the molecule is COc1cccc(CCc2ccccc2CN[C@H](O)CO)c1. The maximum absolute atomic E-state index is 9.40. The second kappa shape index (κ2) is 8.54. The molecule has 0 aliphatic rings. The van der Waals surface area contributed by atoms with E-state index in [0.29, 0.717) is 6.54 Å². The lowest BCUT2D eigenvalue weighted by atomic mass is 9.99. The van der Waals surface area contributed by atoms with E-state index >= 15 is 0 Å². The molecular formula is C18H23NO3. The van der Waals surface area contributed by atoms with Crippen molar-refractivity contribution in [3.63, 3.8) is 0 Å². The lowest BCUT2D eigenvalue weighted by Crippen LogP contribution is -2.31. The van der Waals surface area contributed by atoms with Crippen LogP contribution in [0.1, 0.15) is 16.7 Å². The first kappa shape index (κ1) is 16.5. The summed E-state index contributed by atoms with van der Waals surface area (Å²) in [5, 5.41) is 21.2. The van der Waals surface area contributed by atoms with Gasteiger partial charge in [-0.15, -0.1) is 0 Å². The second-order valence-corrected chi connectivity index (χ2v) is 5.20. The molecule has 0 amide bonds. The van der Waals surface area contributed by atoms with Gasteiger partial charge in [-0.25, -0.2) is 0 Å². The van der Waals surface area contributed by atoms with Crippen molar-refractivity contribution >= 4 is 0 Å². The minimum Gasteiger partial charge on any atom is -0.497 e. The maximum Gasteiger partial charge on any atom is 0.128 e. The van der Waals surface area contributed by atoms with E-state index < -0.39 is 6.23 Å². The Bertz CT molecular complexity index is 586. The molecule has 0 spiro atoms. The largest absolute Gasteiger partial charge is 0.497 e. The van der Waals surface area contributed by atoms with Crippen LogP contribution in [-0.2, 0) is 19.4 Å². The van der Waals surface area contributed by atoms with Crippen LogP contribution in [0.2, 0.25) is 0 Å². The number of ether oxygens (including phenoxy) is 1. The Hall–Kier alpha value is -1.88. The third-order valence-electron chi connectivity index (χ3n) is 3.64. The van der Waals surface area contributed by atoms with Crippen LogP contribution in [0, 0.1) is 0 Å². The zero-order valence-electron chi connectivity index (χ0n) is 12.8. The van der Waals surface area contributed by atoms with Gasteiger partial charge in [0.25, 0.3) is 0 Å². The number of rotatable bonds is 8. The number of benzene rings is 2. The Morgan fingerprint density at radius 2 is 1.82 bits per heavy atom. The highest BCUT2D eigenvalue weighted by atomic mass is 16.5. The van der Waals surface area contributed by atoms with Gasteiger partial charge in [-0.2, -0.15) is 0 Å².